The third kappa shape index (κ3) is 2.53. The SMILES string of the molecule is COc1ccc(N2CCCC2)cc1S(N)(=O)=O. The molecule has 1 aromatic rings. The fourth-order valence-electron chi connectivity index (χ4n) is 2.06. The minimum atomic E-state index is -3.75. The molecule has 0 radical (unpaired) electrons. The third-order valence-corrected chi connectivity index (χ3v) is 3.86. The van der Waals surface area contributed by atoms with Gasteiger partial charge < -0.3 is 9.64 Å². The average Bonchev–Trinajstić information content (AvgIpc) is 2.80. The molecule has 0 spiro atoms. The largest absolute Gasteiger partial charge is 0.495 e. The summed E-state index contributed by atoms with van der Waals surface area (Å²) in [6, 6.07) is 5.09. The van der Waals surface area contributed by atoms with Crippen LogP contribution in [0.3, 0.4) is 0 Å². The molecule has 5 nitrogen and oxygen atoms in total. The van der Waals surface area contributed by atoms with E-state index < -0.39 is 10.0 Å². The molecule has 0 aliphatic carbocycles. The first kappa shape index (κ1) is 12.2. The second-order valence-electron chi connectivity index (χ2n) is 4.07. The number of benzene rings is 1. The normalized spacial score (nSPS) is 16.2. The Labute approximate surface area is 101 Å². The van der Waals surface area contributed by atoms with Crippen molar-refractivity contribution in [2.45, 2.75) is 17.7 Å². The van der Waals surface area contributed by atoms with E-state index in [1.807, 2.05) is 6.07 Å². The smallest absolute Gasteiger partial charge is 0.241 e. The minimum absolute atomic E-state index is 0.0457. The van der Waals surface area contributed by atoms with Crippen molar-refractivity contribution in [2.75, 3.05) is 25.1 Å². The molecule has 1 aliphatic heterocycles. The number of nitrogens with zero attached hydrogens (tertiary/aromatic N) is 1. The van der Waals surface area contributed by atoms with Crippen LogP contribution in [0.4, 0.5) is 5.69 Å². The molecule has 0 amide bonds. The number of nitrogens with two attached hydrogens (primary N) is 1. The van der Waals surface area contributed by atoms with Crippen LogP contribution >= 0.6 is 0 Å². The zero-order valence-corrected chi connectivity index (χ0v) is 10.5. The van der Waals surface area contributed by atoms with Crippen molar-refractivity contribution in [1.29, 1.82) is 0 Å². The van der Waals surface area contributed by atoms with Crippen molar-refractivity contribution < 1.29 is 13.2 Å². The Balaban J connectivity index is 2.44. The summed E-state index contributed by atoms with van der Waals surface area (Å²) in [5.41, 5.74) is 0.882. The van der Waals surface area contributed by atoms with Crippen LogP contribution in [0.25, 0.3) is 0 Å². The van der Waals surface area contributed by atoms with E-state index in [1.54, 1.807) is 12.1 Å². The van der Waals surface area contributed by atoms with Gasteiger partial charge in [0.05, 0.1) is 7.11 Å². The summed E-state index contributed by atoms with van der Waals surface area (Å²) < 4.78 is 27.9. The number of rotatable bonds is 3. The molecular formula is C11H16N2O3S. The highest BCUT2D eigenvalue weighted by Crippen LogP contribution is 2.29. The molecule has 1 heterocycles. The van der Waals surface area contributed by atoms with E-state index in [2.05, 4.69) is 4.90 Å². The number of hydrogen-bond donors (Lipinski definition) is 1. The zero-order chi connectivity index (χ0) is 12.5. The van der Waals surface area contributed by atoms with Crippen molar-refractivity contribution in [3.05, 3.63) is 18.2 Å². The summed E-state index contributed by atoms with van der Waals surface area (Å²) in [4.78, 5) is 2.19. The average molecular weight is 256 g/mol. The van der Waals surface area contributed by atoms with E-state index in [4.69, 9.17) is 9.88 Å². The fraction of sp³-hybridized carbons (Fsp3) is 0.455. The van der Waals surface area contributed by atoms with Crippen LogP contribution < -0.4 is 14.8 Å². The van der Waals surface area contributed by atoms with Crippen LogP contribution in [-0.2, 0) is 10.0 Å². The molecule has 0 bridgehead atoms. The first-order chi connectivity index (χ1) is 8.02. The molecule has 94 valence electrons. The number of anilines is 1. The van der Waals surface area contributed by atoms with Gasteiger partial charge in [0.25, 0.3) is 0 Å². The third-order valence-electron chi connectivity index (χ3n) is 2.92. The Kier molecular flexibility index (Phi) is 3.26. The summed E-state index contributed by atoms with van der Waals surface area (Å²) >= 11 is 0. The lowest BCUT2D eigenvalue weighted by molar-refractivity contribution is 0.403. The Morgan fingerprint density at radius 1 is 1.29 bits per heavy atom. The van der Waals surface area contributed by atoms with Gasteiger partial charge in [-0.05, 0) is 31.0 Å². The van der Waals surface area contributed by atoms with Crippen LogP contribution in [-0.4, -0.2) is 28.6 Å². The molecule has 0 aromatic heterocycles. The van der Waals surface area contributed by atoms with E-state index in [0.29, 0.717) is 0 Å². The molecule has 0 saturated carbocycles. The summed E-state index contributed by atoms with van der Waals surface area (Å²) in [7, 11) is -2.32. The maximum Gasteiger partial charge on any atom is 0.241 e. The zero-order valence-electron chi connectivity index (χ0n) is 9.72. The summed E-state index contributed by atoms with van der Waals surface area (Å²) in [5.74, 6) is 0.287. The number of ether oxygens (including phenoxy) is 1. The van der Waals surface area contributed by atoms with Gasteiger partial charge in [-0.3, -0.25) is 0 Å². The highest BCUT2D eigenvalue weighted by Gasteiger charge is 2.19. The summed E-state index contributed by atoms with van der Waals surface area (Å²) in [6.45, 7) is 1.91. The maximum atomic E-state index is 11.5. The Morgan fingerprint density at radius 2 is 1.94 bits per heavy atom. The quantitative estimate of drug-likeness (QED) is 0.873. The van der Waals surface area contributed by atoms with E-state index in [0.717, 1.165) is 31.6 Å². The van der Waals surface area contributed by atoms with Crippen molar-refractivity contribution in [1.82, 2.24) is 0 Å². The predicted molar refractivity (Wildman–Crippen MR) is 65.8 cm³/mol. The molecule has 1 saturated heterocycles. The second-order valence-corrected chi connectivity index (χ2v) is 5.60. The summed E-state index contributed by atoms with van der Waals surface area (Å²) in [6.07, 6.45) is 2.27. The lowest BCUT2D eigenvalue weighted by Crippen LogP contribution is -2.19. The molecule has 2 rings (SSSR count). The number of primary sulfonamides is 1. The lowest BCUT2D eigenvalue weighted by Gasteiger charge is -2.19. The maximum absolute atomic E-state index is 11.5. The molecule has 1 aromatic carbocycles. The Hall–Kier alpha value is -1.27. The van der Waals surface area contributed by atoms with Gasteiger partial charge >= 0.3 is 0 Å². The van der Waals surface area contributed by atoms with Gasteiger partial charge in [-0.25, -0.2) is 13.6 Å². The van der Waals surface area contributed by atoms with E-state index in [1.165, 1.54) is 7.11 Å². The van der Waals surface area contributed by atoms with Crippen LogP contribution in [0.5, 0.6) is 5.75 Å². The molecule has 0 atom stereocenters. The van der Waals surface area contributed by atoms with Crippen molar-refractivity contribution in [2.24, 2.45) is 5.14 Å². The van der Waals surface area contributed by atoms with Crippen molar-refractivity contribution in [3.8, 4) is 5.75 Å². The van der Waals surface area contributed by atoms with Crippen LogP contribution in [0.15, 0.2) is 23.1 Å². The van der Waals surface area contributed by atoms with E-state index >= 15 is 0 Å². The van der Waals surface area contributed by atoms with Gasteiger partial charge in [-0.2, -0.15) is 0 Å². The van der Waals surface area contributed by atoms with Gasteiger partial charge in [0.15, 0.2) is 0 Å². The minimum Gasteiger partial charge on any atom is -0.495 e. The molecule has 17 heavy (non-hydrogen) atoms. The van der Waals surface area contributed by atoms with Crippen molar-refractivity contribution >= 4 is 15.7 Å². The summed E-state index contributed by atoms with van der Waals surface area (Å²) in [5, 5.41) is 5.17. The monoisotopic (exact) mass is 256 g/mol. The predicted octanol–water partition coefficient (Wildman–Crippen LogP) is 0.943. The number of methoxy groups -OCH3 is 1. The molecule has 6 heteroatoms. The highest BCUT2D eigenvalue weighted by atomic mass is 32.2. The molecular weight excluding hydrogens is 240 g/mol. The number of sulfonamides is 1. The Morgan fingerprint density at radius 3 is 2.47 bits per heavy atom. The Bertz CT molecular complexity index is 507. The van der Waals surface area contributed by atoms with Crippen LogP contribution in [0.1, 0.15) is 12.8 Å². The van der Waals surface area contributed by atoms with Gasteiger partial charge in [-0.15, -0.1) is 0 Å². The van der Waals surface area contributed by atoms with Crippen molar-refractivity contribution in [3.63, 3.8) is 0 Å². The van der Waals surface area contributed by atoms with Gasteiger partial charge in [0.2, 0.25) is 10.0 Å². The molecule has 0 unspecified atom stereocenters. The molecule has 1 fully saturated rings. The second kappa shape index (κ2) is 4.54. The standard InChI is InChI=1S/C11H16N2O3S/c1-16-10-5-4-9(13-6-2-3-7-13)8-11(10)17(12,14)15/h4-5,8H,2-3,6-7H2,1H3,(H2,12,14,15). The van der Waals surface area contributed by atoms with Crippen LogP contribution in [0, 0.1) is 0 Å². The fourth-order valence-corrected chi connectivity index (χ4v) is 2.78. The van der Waals surface area contributed by atoms with E-state index in [9.17, 15) is 8.42 Å². The lowest BCUT2D eigenvalue weighted by atomic mass is 10.3. The van der Waals surface area contributed by atoms with Gasteiger partial charge in [-0.1, -0.05) is 0 Å². The first-order valence-electron chi connectivity index (χ1n) is 5.48. The first-order valence-corrected chi connectivity index (χ1v) is 7.03. The molecule has 2 N–H and O–H groups in total. The van der Waals surface area contributed by atoms with E-state index in [-0.39, 0.29) is 10.6 Å². The van der Waals surface area contributed by atoms with Gasteiger partial charge in [0, 0.05) is 18.8 Å². The topological polar surface area (TPSA) is 72.6 Å². The highest BCUT2D eigenvalue weighted by molar-refractivity contribution is 7.89. The van der Waals surface area contributed by atoms with Crippen LogP contribution in [0.2, 0.25) is 0 Å². The molecule has 1 aliphatic rings. The van der Waals surface area contributed by atoms with Gasteiger partial charge in [0.1, 0.15) is 10.6 Å². The number of hydrogen-bond acceptors (Lipinski definition) is 4.